The second-order valence-electron chi connectivity index (χ2n) is 1.38. The van der Waals surface area contributed by atoms with Gasteiger partial charge in [-0.3, -0.25) is 0 Å². The molecule has 0 radical (unpaired) electrons. The summed E-state index contributed by atoms with van der Waals surface area (Å²) < 4.78 is 0. The van der Waals surface area contributed by atoms with Crippen molar-refractivity contribution >= 4 is 0 Å². The monoisotopic (exact) mass is 105 g/mol. The Labute approximate surface area is 43.5 Å². The third kappa shape index (κ3) is 5.88. The standard InChI is InChI=1S/C4H12N2O/c5-1-2-6-3-4-7/h6-7H,1-5H2/p+1. The Morgan fingerprint density at radius 1 is 1.43 bits per heavy atom. The van der Waals surface area contributed by atoms with Gasteiger partial charge in [0.1, 0.15) is 0 Å². The predicted octanol–water partition coefficient (Wildman–Crippen LogP) is -2.50. The van der Waals surface area contributed by atoms with Gasteiger partial charge in [0.15, 0.2) is 0 Å². The van der Waals surface area contributed by atoms with Crippen LogP contribution >= 0.6 is 0 Å². The summed E-state index contributed by atoms with van der Waals surface area (Å²) in [7, 11) is 0. The van der Waals surface area contributed by atoms with E-state index < -0.39 is 0 Å². The second kappa shape index (κ2) is 5.88. The quantitative estimate of drug-likeness (QED) is 0.346. The summed E-state index contributed by atoms with van der Waals surface area (Å²) in [5, 5.41) is 10.2. The molecule has 0 aliphatic carbocycles. The van der Waals surface area contributed by atoms with Crippen molar-refractivity contribution in [2.24, 2.45) is 5.73 Å². The van der Waals surface area contributed by atoms with E-state index in [1.807, 2.05) is 5.32 Å². The summed E-state index contributed by atoms with van der Waals surface area (Å²) in [6.45, 7) is 2.64. The Bertz CT molecular complexity index is 28.9. The first kappa shape index (κ1) is 6.88. The molecule has 0 heterocycles. The number of hydrogen-bond donors (Lipinski definition) is 3. The van der Waals surface area contributed by atoms with Crippen LogP contribution in [0.4, 0.5) is 0 Å². The Kier molecular flexibility index (Phi) is 5.78. The second-order valence-corrected chi connectivity index (χ2v) is 1.38. The minimum absolute atomic E-state index is 0.250. The van der Waals surface area contributed by atoms with Gasteiger partial charge in [-0.05, 0) is 0 Å². The Morgan fingerprint density at radius 2 is 2.14 bits per heavy atom. The smallest absolute Gasteiger partial charge is 0.0990 e. The van der Waals surface area contributed by atoms with E-state index in [-0.39, 0.29) is 6.61 Å². The van der Waals surface area contributed by atoms with Gasteiger partial charge in [-0.25, -0.2) is 0 Å². The molecule has 0 rings (SSSR count). The molecule has 0 atom stereocenters. The summed E-state index contributed by atoms with van der Waals surface area (Å²) >= 11 is 0. The van der Waals surface area contributed by atoms with E-state index in [4.69, 9.17) is 10.8 Å². The van der Waals surface area contributed by atoms with Crippen molar-refractivity contribution in [1.29, 1.82) is 0 Å². The van der Waals surface area contributed by atoms with Crippen LogP contribution in [0.3, 0.4) is 0 Å². The molecule has 3 nitrogen and oxygen atoms in total. The first-order chi connectivity index (χ1) is 3.41. The predicted molar refractivity (Wildman–Crippen MR) is 27.8 cm³/mol. The number of hydrogen-bond acceptors (Lipinski definition) is 2. The fraction of sp³-hybridized carbons (Fsp3) is 1.00. The van der Waals surface area contributed by atoms with E-state index >= 15 is 0 Å². The van der Waals surface area contributed by atoms with Crippen LogP contribution < -0.4 is 11.1 Å². The zero-order valence-corrected chi connectivity index (χ0v) is 4.43. The molecule has 0 amide bonds. The number of nitrogens with two attached hydrogens (primary N) is 2. The van der Waals surface area contributed by atoms with Crippen LogP contribution in [-0.4, -0.2) is 31.3 Å². The van der Waals surface area contributed by atoms with Gasteiger partial charge in [0.2, 0.25) is 0 Å². The fourth-order valence-corrected chi connectivity index (χ4v) is 0.353. The van der Waals surface area contributed by atoms with Crippen LogP contribution in [0.25, 0.3) is 0 Å². The third-order valence-corrected chi connectivity index (χ3v) is 0.704. The molecular weight excluding hydrogens is 92.1 g/mol. The van der Waals surface area contributed by atoms with Gasteiger partial charge in [0.05, 0.1) is 19.7 Å². The highest BCUT2D eigenvalue weighted by Crippen LogP contribution is 1.37. The topological polar surface area (TPSA) is 62.9 Å². The van der Waals surface area contributed by atoms with E-state index in [1.165, 1.54) is 0 Å². The van der Waals surface area contributed by atoms with Crippen molar-refractivity contribution in [1.82, 2.24) is 0 Å². The highest BCUT2D eigenvalue weighted by Gasteiger charge is 1.81. The summed E-state index contributed by atoms with van der Waals surface area (Å²) in [6.07, 6.45) is 0. The zero-order chi connectivity index (χ0) is 5.54. The molecule has 0 fully saturated rings. The molecule has 0 spiro atoms. The average molecular weight is 105 g/mol. The van der Waals surface area contributed by atoms with Crippen LogP contribution in [0.5, 0.6) is 0 Å². The Morgan fingerprint density at radius 3 is 2.57 bits per heavy atom. The Hall–Kier alpha value is -0.120. The molecule has 5 N–H and O–H groups in total. The van der Waals surface area contributed by atoms with Crippen molar-refractivity contribution < 1.29 is 10.4 Å². The van der Waals surface area contributed by atoms with Gasteiger partial charge in [0, 0.05) is 6.54 Å². The lowest BCUT2D eigenvalue weighted by molar-refractivity contribution is -0.653. The molecule has 0 bridgehead atoms. The highest BCUT2D eigenvalue weighted by atomic mass is 16.3. The summed E-state index contributed by atoms with van der Waals surface area (Å²) in [5.41, 5.74) is 5.16. The fourth-order valence-electron chi connectivity index (χ4n) is 0.353. The van der Waals surface area contributed by atoms with E-state index in [0.717, 1.165) is 13.1 Å². The number of aliphatic hydroxyl groups excluding tert-OH is 1. The molecule has 7 heavy (non-hydrogen) atoms. The summed E-state index contributed by atoms with van der Waals surface area (Å²) in [5.74, 6) is 0. The number of quaternary nitrogens is 1. The normalized spacial score (nSPS) is 9.43. The average Bonchev–Trinajstić information content (AvgIpc) is 1.69. The molecular formula is C4H13N2O+. The maximum absolute atomic E-state index is 8.22. The van der Waals surface area contributed by atoms with Crippen molar-refractivity contribution in [2.45, 2.75) is 0 Å². The first-order valence-corrected chi connectivity index (χ1v) is 2.54. The molecule has 0 aromatic rings. The maximum atomic E-state index is 8.22. The lowest BCUT2D eigenvalue weighted by Gasteiger charge is -1.92. The van der Waals surface area contributed by atoms with Crippen LogP contribution in [-0.2, 0) is 0 Å². The molecule has 0 unspecified atom stereocenters. The first-order valence-electron chi connectivity index (χ1n) is 2.54. The number of rotatable bonds is 4. The van der Waals surface area contributed by atoms with Gasteiger partial charge in [0.25, 0.3) is 0 Å². The molecule has 0 aromatic carbocycles. The zero-order valence-electron chi connectivity index (χ0n) is 4.43. The van der Waals surface area contributed by atoms with Gasteiger partial charge in [-0.2, -0.15) is 0 Å². The summed E-state index contributed by atoms with van der Waals surface area (Å²) in [4.78, 5) is 0. The largest absolute Gasteiger partial charge is 0.391 e. The van der Waals surface area contributed by atoms with Gasteiger partial charge in [-0.1, -0.05) is 0 Å². The molecule has 0 saturated carbocycles. The van der Waals surface area contributed by atoms with Crippen molar-refractivity contribution in [3.8, 4) is 0 Å². The van der Waals surface area contributed by atoms with Crippen LogP contribution in [0.15, 0.2) is 0 Å². The van der Waals surface area contributed by atoms with Crippen molar-refractivity contribution in [3.63, 3.8) is 0 Å². The third-order valence-electron chi connectivity index (χ3n) is 0.704. The minimum Gasteiger partial charge on any atom is -0.391 e. The van der Waals surface area contributed by atoms with Crippen LogP contribution in [0, 0.1) is 0 Å². The highest BCUT2D eigenvalue weighted by molar-refractivity contribution is 4.21. The lowest BCUT2D eigenvalue weighted by Crippen LogP contribution is -2.86. The van der Waals surface area contributed by atoms with Crippen molar-refractivity contribution in [3.05, 3.63) is 0 Å². The van der Waals surface area contributed by atoms with Gasteiger partial charge in [-0.15, -0.1) is 0 Å². The van der Waals surface area contributed by atoms with E-state index in [0.29, 0.717) is 6.54 Å². The molecule has 0 saturated heterocycles. The van der Waals surface area contributed by atoms with E-state index in [9.17, 15) is 0 Å². The van der Waals surface area contributed by atoms with Crippen LogP contribution in [0.2, 0.25) is 0 Å². The van der Waals surface area contributed by atoms with Crippen LogP contribution in [0.1, 0.15) is 0 Å². The lowest BCUT2D eigenvalue weighted by atomic mass is 10.6. The van der Waals surface area contributed by atoms with E-state index in [2.05, 4.69) is 0 Å². The molecule has 44 valence electrons. The maximum Gasteiger partial charge on any atom is 0.0990 e. The summed E-state index contributed by atoms with van der Waals surface area (Å²) in [6, 6.07) is 0. The molecule has 0 aromatic heterocycles. The minimum atomic E-state index is 0.250. The SMILES string of the molecule is NCC[NH2+]CCO. The van der Waals surface area contributed by atoms with Gasteiger partial charge < -0.3 is 16.2 Å². The molecule has 0 aliphatic rings. The number of aliphatic hydroxyl groups is 1. The van der Waals surface area contributed by atoms with E-state index in [1.54, 1.807) is 0 Å². The Balaban J connectivity index is 2.45. The molecule has 0 aliphatic heterocycles. The molecule has 3 heteroatoms. The van der Waals surface area contributed by atoms with Gasteiger partial charge >= 0.3 is 0 Å². The van der Waals surface area contributed by atoms with Crippen molar-refractivity contribution in [2.75, 3.05) is 26.2 Å².